The Balaban J connectivity index is 2.32. The van der Waals surface area contributed by atoms with Gasteiger partial charge in [-0.15, -0.1) is 0 Å². The largest absolute Gasteiger partial charge is 0.256 e. The van der Waals surface area contributed by atoms with Crippen LogP contribution in [0.4, 0.5) is 0 Å². The van der Waals surface area contributed by atoms with E-state index in [1.807, 2.05) is 18.3 Å². The van der Waals surface area contributed by atoms with Crippen LogP contribution in [-0.4, -0.2) is 4.98 Å². The Morgan fingerprint density at radius 1 is 1.00 bits per heavy atom. The van der Waals surface area contributed by atoms with E-state index < -0.39 is 0 Å². The van der Waals surface area contributed by atoms with Gasteiger partial charge in [0.25, 0.3) is 0 Å². The molecule has 1 aromatic heterocycles. The Morgan fingerprint density at radius 3 is 2.60 bits per heavy atom. The summed E-state index contributed by atoms with van der Waals surface area (Å²) in [6, 6.07) is 16.9. The lowest BCUT2D eigenvalue weighted by molar-refractivity contribution is 0.869. The van der Waals surface area contributed by atoms with Crippen LogP contribution in [0.3, 0.4) is 0 Å². The van der Waals surface area contributed by atoms with Gasteiger partial charge < -0.3 is 0 Å². The molecule has 1 radical (unpaired) electrons. The molecule has 0 aliphatic heterocycles. The number of benzene rings is 2. The fraction of sp³-hybridized carbons (Fsp3) is 0.158. The van der Waals surface area contributed by atoms with E-state index in [0.717, 1.165) is 11.1 Å². The number of rotatable bonds is 2. The van der Waals surface area contributed by atoms with Gasteiger partial charge in [-0.3, -0.25) is 4.98 Å². The third-order valence-electron chi connectivity index (χ3n) is 3.63. The Hall–Kier alpha value is -2.15. The molecule has 0 fully saturated rings. The standard InChI is InChI=1S/C19H18N/c1-13(2)17-11-16-8-5-9-20-19(16)18(12-17)15-7-4-6-14(3)10-15/h4-13H,3H2,1-2H3. The molecule has 1 heteroatoms. The van der Waals surface area contributed by atoms with Crippen molar-refractivity contribution in [3.8, 4) is 11.1 Å². The molecule has 3 aromatic rings. The molecule has 0 N–H and O–H groups in total. The van der Waals surface area contributed by atoms with Crippen LogP contribution in [0.25, 0.3) is 22.0 Å². The van der Waals surface area contributed by atoms with Gasteiger partial charge >= 0.3 is 0 Å². The van der Waals surface area contributed by atoms with Crippen molar-refractivity contribution >= 4 is 10.9 Å². The quantitative estimate of drug-likeness (QED) is 0.616. The molecule has 1 heterocycles. The number of nitrogens with zero attached hydrogens (tertiary/aromatic N) is 1. The fourth-order valence-corrected chi connectivity index (χ4v) is 2.51. The molecule has 0 unspecified atom stereocenters. The number of hydrogen-bond donors (Lipinski definition) is 0. The molecule has 0 atom stereocenters. The van der Waals surface area contributed by atoms with Crippen molar-refractivity contribution in [3.05, 3.63) is 72.8 Å². The lowest BCUT2D eigenvalue weighted by atomic mass is 9.93. The minimum atomic E-state index is 0.501. The molecular weight excluding hydrogens is 242 g/mol. The van der Waals surface area contributed by atoms with Gasteiger partial charge in [-0.1, -0.05) is 44.2 Å². The number of pyridine rings is 1. The zero-order chi connectivity index (χ0) is 14.1. The smallest absolute Gasteiger partial charge is 0.0780 e. The topological polar surface area (TPSA) is 12.9 Å². The van der Waals surface area contributed by atoms with Crippen molar-refractivity contribution in [1.82, 2.24) is 4.98 Å². The fourth-order valence-electron chi connectivity index (χ4n) is 2.51. The summed E-state index contributed by atoms with van der Waals surface area (Å²) in [5.41, 5.74) is 5.81. The first-order chi connectivity index (χ1) is 9.65. The lowest BCUT2D eigenvalue weighted by Gasteiger charge is -2.12. The van der Waals surface area contributed by atoms with Gasteiger partial charge in [0.1, 0.15) is 0 Å². The Morgan fingerprint density at radius 2 is 1.85 bits per heavy atom. The highest BCUT2D eigenvalue weighted by atomic mass is 14.6. The summed E-state index contributed by atoms with van der Waals surface area (Å²) in [6.45, 7) is 8.47. The monoisotopic (exact) mass is 260 g/mol. The van der Waals surface area contributed by atoms with Gasteiger partial charge in [-0.05, 0) is 47.7 Å². The summed E-state index contributed by atoms with van der Waals surface area (Å²) in [5, 5.41) is 1.20. The van der Waals surface area contributed by atoms with Gasteiger partial charge in [0.15, 0.2) is 0 Å². The highest BCUT2D eigenvalue weighted by Gasteiger charge is 2.09. The number of aromatic nitrogens is 1. The summed E-state index contributed by atoms with van der Waals surface area (Å²) in [5.74, 6) is 0.501. The minimum absolute atomic E-state index is 0.501. The summed E-state index contributed by atoms with van der Waals surface area (Å²) in [6.07, 6.45) is 1.86. The molecule has 20 heavy (non-hydrogen) atoms. The maximum atomic E-state index is 4.57. The minimum Gasteiger partial charge on any atom is -0.256 e. The molecule has 0 saturated heterocycles. The molecule has 0 saturated carbocycles. The lowest BCUT2D eigenvalue weighted by Crippen LogP contribution is -1.92. The Labute approximate surface area is 120 Å². The normalized spacial score (nSPS) is 11.2. The number of fused-ring (bicyclic) bond motifs is 1. The molecule has 0 bridgehead atoms. The molecule has 0 aliphatic carbocycles. The van der Waals surface area contributed by atoms with Crippen molar-refractivity contribution in [3.63, 3.8) is 0 Å². The van der Waals surface area contributed by atoms with Crippen molar-refractivity contribution in [1.29, 1.82) is 0 Å². The van der Waals surface area contributed by atoms with E-state index in [4.69, 9.17) is 0 Å². The van der Waals surface area contributed by atoms with Crippen LogP contribution in [0.1, 0.15) is 30.9 Å². The van der Waals surface area contributed by atoms with Crippen LogP contribution >= 0.6 is 0 Å². The van der Waals surface area contributed by atoms with E-state index in [9.17, 15) is 0 Å². The van der Waals surface area contributed by atoms with Crippen molar-refractivity contribution in [2.24, 2.45) is 0 Å². The van der Waals surface area contributed by atoms with E-state index in [2.05, 4.69) is 62.2 Å². The van der Waals surface area contributed by atoms with E-state index in [1.165, 1.54) is 22.1 Å². The predicted octanol–water partition coefficient (Wildman–Crippen LogP) is 5.21. The molecule has 0 spiro atoms. The van der Waals surface area contributed by atoms with Crippen molar-refractivity contribution in [2.45, 2.75) is 19.8 Å². The first-order valence-corrected chi connectivity index (χ1v) is 6.96. The predicted molar refractivity (Wildman–Crippen MR) is 85.7 cm³/mol. The zero-order valence-electron chi connectivity index (χ0n) is 11.9. The molecule has 2 aromatic carbocycles. The average molecular weight is 260 g/mol. The van der Waals surface area contributed by atoms with Crippen molar-refractivity contribution in [2.75, 3.05) is 0 Å². The van der Waals surface area contributed by atoms with Crippen molar-refractivity contribution < 1.29 is 0 Å². The van der Waals surface area contributed by atoms with Crippen LogP contribution < -0.4 is 0 Å². The van der Waals surface area contributed by atoms with E-state index in [0.29, 0.717) is 5.92 Å². The van der Waals surface area contributed by atoms with Crippen LogP contribution in [0.5, 0.6) is 0 Å². The van der Waals surface area contributed by atoms with Gasteiger partial charge in [-0.2, -0.15) is 0 Å². The summed E-state index contributed by atoms with van der Waals surface area (Å²) < 4.78 is 0. The first kappa shape index (κ1) is 12.9. The summed E-state index contributed by atoms with van der Waals surface area (Å²) in [4.78, 5) is 4.57. The Bertz CT molecular complexity index is 757. The second-order valence-electron chi connectivity index (χ2n) is 5.50. The molecule has 99 valence electrons. The summed E-state index contributed by atoms with van der Waals surface area (Å²) >= 11 is 0. The molecular formula is C19H18N. The third-order valence-corrected chi connectivity index (χ3v) is 3.63. The first-order valence-electron chi connectivity index (χ1n) is 6.96. The van der Waals surface area contributed by atoms with Crippen LogP contribution in [0.2, 0.25) is 0 Å². The molecule has 0 aliphatic rings. The maximum absolute atomic E-state index is 4.57. The SMILES string of the molecule is [CH2]c1cccc(-c2cc(C(C)C)cc3cccnc23)c1. The highest BCUT2D eigenvalue weighted by Crippen LogP contribution is 2.31. The maximum Gasteiger partial charge on any atom is 0.0780 e. The molecule has 0 amide bonds. The van der Waals surface area contributed by atoms with Crippen LogP contribution in [0.15, 0.2) is 54.7 Å². The zero-order valence-corrected chi connectivity index (χ0v) is 11.9. The van der Waals surface area contributed by atoms with E-state index >= 15 is 0 Å². The molecule has 1 nitrogen and oxygen atoms in total. The second kappa shape index (κ2) is 5.09. The van der Waals surface area contributed by atoms with E-state index in [1.54, 1.807) is 0 Å². The number of hydrogen-bond acceptors (Lipinski definition) is 1. The summed E-state index contributed by atoms with van der Waals surface area (Å²) in [7, 11) is 0. The van der Waals surface area contributed by atoms with Gasteiger partial charge in [0, 0.05) is 17.1 Å². The van der Waals surface area contributed by atoms with Gasteiger partial charge in [0.05, 0.1) is 5.52 Å². The van der Waals surface area contributed by atoms with Gasteiger partial charge in [0.2, 0.25) is 0 Å². The van der Waals surface area contributed by atoms with E-state index in [-0.39, 0.29) is 0 Å². The highest BCUT2D eigenvalue weighted by molar-refractivity contribution is 5.94. The average Bonchev–Trinajstić information content (AvgIpc) is 2.46. The Kier molecular flexibility index (Phi) is 3.27. The van der Waals surface area contributed by atoms with Crippen LogP contribution in [-0.2, 0) is 0 Å². The van der Waals surface area contributed by atoms with Gasteiger partial charge in [-0.25, -0.2) is 0 Å². The molecule has 3 rings (SSSR count). The second-order valence-corrected chi connectivity index (χ2v) is 5.50. The van der Waals surface area contributed by atoms with Crippen LogP contribution in [0, 0.1) is 6.92 Å². The third kappa shape index (κ3) is 2.32.